The Morgan fingerprint density at radius 2 is 1.93 bits per heavy atom. The van der Waals surface area contributed by atoms with Crippen LogP contribution in [0.3, 0.4) is 0 Å². The topological polar surface area (TPSA) is 9.23 Å². The molecule has 84 valence electrons. The summed E-state index contributed by atoms with van der Waals surface area (Å²) in [6, 6.07) is 5.91. The van der Waals surface area contributed by atoms with Gasteiger partial charge in [0, 0.05) is 15.2 Å². The van der Waals surface area contributed by atoms with E-state index in [0.717, 1.165) is 20.0 Å². The average molecular weight is 401 g/mol. The molecule has 0 heterocycles. The molecule has 0 atom stereocenters. The van der Waals surface area contributed by atoms with Gasteiger partial charge in [0.05, 0.1) is 11.1 Å². The third kappa shape index (κ3) is 4.45. The summed E-state index contributed by atoms with van der Waals surface area (Å²) in [6.07, 6.45) is 0. The molecule has 1 nitrogen and oxygen atoms in total. The van der Waals surface area contributed by atoms with Crippen LogP contribution < -0.4 is 4.74 Å². The number of hydrogen-bond donors (Lipinski definition) is 0. The smallest absolute Gasteiger partial charge is 0.133 e. The van der Waals surface area contributed by atoms with E-state index in [1.165, 1.54) is 0 Å². The number of rotatable bonds is 4. The molecule has 0 amide bonds. The summed E-state index contributed by atoms with van der Waals surface area (Å²) in [7, 11) is 0. The lowest BCUT2D eigenvalue weighted by atomic mass is 9.98. The van der Waals surface area contributed by atoms with Gasteiger partial charge in [-0.25, -0.2) is 0 Å². The highest BCUT2D eigenvalue weighted by Gasteiger charge is 2.17. The Bertz CT molecular complexity index is 337. The third-order valence-electron chi connectivity index (χ3n) is 1.87. The van der Waals surface area contributed by atoms with Gasteiger partial charge < -0.3 is 4.74 Å². The van der Waals surface area contributed by atoms with Crippen molar-refractivity contribution in [3.63, 3.8) is 0 Å². The molecule has 0 fully saturated rings. The maximum atomic E-state index is 5.75. The molecule has 1 rings (SSSR count). The monoisotopic (exact) mass is 398 g/mol. The standard InChI is InChI=1S/C11H13Br3O/c1-11(2,6-12)7-15-10-4-3-8(13)5-9(10)14/h3-5H,6-7H2,1-2H3. The van der Waals surface area contributed by atoms with Crippen LogP contribution >= 0.6 is 47.8 Å². The first-order chi connectivity index (χ1) is 6.94. The van der Waals surface area contributed by atoms with Crippen molar-refractivity contribution in [3.8, 4) is 5.75 Å². The molecule has 0 bridgehead atoms. The molecule has 0 aliphatic heterocycles. The number of benzene rings is 1. The summed E-state index contributed by atoms with van der Waals surface area (Å²) >= 11 is 10.4. The second kappa shape index (κ2) is 5.69. The average Bonchev–Trinajstić information content (AvgIpc) is 2.16. The van der Waals surface area contributed by atoms with Gasteiger partial charge in [-0.1, -0.05) is 45.7 Å². The van der Waals surface area contributed by atoms with E-state index in [4.69, 9.17) is 4.74 Å². The summed E-state index contributed by atoms with van der Waals surface area (Å²) in [6.45, 7) is 5.02. The zero-order valence-electron chi connectivity index (χ0n) is 8.69. The van der Waals surface area contributed by atoms with Crippen molar-refractivity contribution in [2.24, 2.45) is 5.41 Å². The minimum atomic E-state index is 0.145. The molecule has 0 spiro atoms. The van der Waals surface area contributed by atoms with E-state index in [9.17, 15) is 0 Å². The van der Waals surface area contributed by atoms with Gasteiger partial charge in [-0.3, -0.25) is 0 Å². The Kier molecular flexibility index (Phi) is 5.13. The van der Waals surface area contributed by atoms with Gasteiger partial charge in [0.15, 0.2) is 0 Å². The van der Waals surface area contributed by atoms with Crippen molar-refractivity contribution in [3.05, 3.63) is 27.1 Å². The van der Waals surface area contributed by atoms with E-state index < -0.39 is 0 Å². The molecule has 0 aliphatic rings. The summed E-state index contributed by atoms with van der Waals surface area (Å²) in [4.78, 5) is 0. The van der Waals surface area contributed by atoms with Gasteiger partial charge in [-0.2, -0.15) is 0 Å². The Morgan fingerprint density at radius 3 is 2.47 bits per heavy atom. The quantitative estimate of drug-likeness (QED) is 0.645. The molecule has 4 heteroatoms. The van der Waals surface area contributed by atoms with E-state index >= 15 is 0 Å². The zero-order chi connectivity index (χ0) is 11.5. The van der Waals surface area contributed by atoms with Crippen LogP contribution in [0.25, 0.3) is 0 Å². The van der Waals surface area contributed by atoms with Gasteiger partial charge in [-0.05, 0) is 34.1 Å². The first kappa shape index (κ1) is 13.5. The lowest BCUT2D eigenvalue weighted by molar-refractivity contribution is 0.202. The fraction of sp³-hybridized carbons (Fsp3) is 0.455. The SMILES string of the molecule is CC(C)(CBr)COc1ccc(Br)cc1Br. The predicted octanol–water partition coefficient (Wildman–Crippen LogP) is 5.01. The zero-order valence-corrected chi connectivity index (χ0v) is 13.4. The van der Waals surface area contributed by atoms with Crippen LogP contribution in [-0.2, 0) is 0 Å². The molecule has 0 unspecified atom stereocenters. The van der Waals surface area contributed by atoms with Crippen LogP contribution in [0.15, 0.2) is 27.1 Å². The van der Waals surface area contributed by atoms with Crippen LogP contribution in [0.1, 0.15) is 13.8 Å². The molecule has 0 radical (unpaired) electrons. The Morgan fingerprint density at radius 1 is 1.27 bits per heavy atom. The third-order valence-corrected chi connectivity index (χ3v) is 4.51. The number of alkyl halides is 1. The number of hydrogen-bond acceptors (Lipinski definition) is 1. The molecular weight excluding hydrogens is 388 g/mol. The molecule has 15 heavy (non-hydrogen) atoms. The maximum Gasteiger partial charge on any atom is 0.133 e. The normalized spacial score (nSPS) is 11.5. The number of ether oxygens (including phenoxy) is 1. The van der Waals surface area contributed by atoms with E-state index in [1.807, 2.05) is 18.2 Å². The van der Waals surface area contributed by atoms with E-state index in [2.05, 4.69) is 61.6 Å². The Balaban J connectivity index is 2.66. The number of halogens is 3. The van der Waals surface area contributed by atoms with Gasteiger partial charge in [0.25, 0.3) is 0 Å². The van der Waals surface area contributed by atoms with Gasteiger partial charge in [-0.15, -0.1) is 0 Å². The molecule has 0 saturated carbocycles. The fourth-order valence-electron chi connectivity index (χ4n) is 0.904. The Hall–Kier alpha value is 0.460. The van der Waals surface area contributed by atoms with Crippen molar-refractivity contribution >= 4 is 47.8 Å². The predicted molar refractivity (Wildman–Crippen MR) is 74.9 cm³/mol. The van der Waals surface area contributed by atoms with Crippen LogP contribution in [-0.4, -0.2) is 11.9 Å². The second-order valence-electron chi connectivity index (χ2n) is 4.16. The molecule has 1 aromatic carbocycles. The van der Waals surface area contributed by atoms with Gasteiger partial charge in [0.2, 0.25) is 0 Å². The second-order valence-corrected chi connectivity index (χ2v) is 6.49. The highest BCUT2D eigenvalue weighted by Crippen LogP contribution is 2.30. The lowest BCUT2D eigenvalue weighted by Crippen LogP contribution is -2.22. The summed E-state index contributed by atoms with van der Waals surface area (Å²) in [5.41, 5.74) is 0.145. The van der Waals surface area contributed by atoms with E-state index in [0.29, 0.717) is 6.61 Å². The van der Waals surface area contributed by atoms with E-state index in [-0.39, 0.29) is 5.41 Å². The largest absolute Gasteiger partial charge is 0.492 e. The first-order valence-electron chi connectivity index (χ1n) is 4.58. The van der Waals surface area contributed by atoms with Crippen molar-refractivity contribution in [1.82, 2.24) is 0 Å². The highest BCUT2D eigenvalue weighted by atomic mass is 79.9. The fourth-order valence-corrected chi connectivity index (χ4v) is 2.23. The summed E-state index contributed by atoms with van der Waals surface area (Å²) in [5.74, 6) is 0.882. The van der Waals surface area contributed by atoms with Crippen LogP contribution in [0.2, 0.25) is 0 Å². The first-order valence-corrected chi connectivity index (χ1v) is 7.29. The van der Waals surface area contributed by atoms with Crippen molar-refractivity contribution in [2.75, 3.05) is 11.9 Å². The van der Waals surface area contributed by atoms with E-state index in [1.54, 1.807) is 0 Å². The van der Waals surface area contributed by atoms with Crippen molar-refractivity contribution in [1.29, 1.82) is 0 Å². The van der Waals surface area contributed by atoms with Crippen LogP contribution in [0, 0.1) is 5.41 Å². The maximum absolute atomic E-state index is 5.75. The summed E-state index contributed by atoms with van der Waals surface area (Å²) < 4.78 is 7.77. The van der Waals surface area contributed by atoms with Crippen molar-refractivity contribution in [2.45, 2.75) is 13.8 Å². The summed E-state index contributed by atoms with van der Waals surface area (Å²) in [5, 5.41) is 0.925. The molecule has 0 aliphatic carbocycles. The Labute approximate surface area is 116 Å². The van der Waals surface area contributed by atoms with Crippen LogP contribution in [0.4, 0.5) is 0 Å². The molecule has 0 aromatic heterocycles. The molecule has 1 aromatic rings. The molecular formula is C11H13Br3O. The molecule has 0 N–H and O–H groups in total. The van der Waals surface area contributed by atoms with Gasteiger partial charge >= 0.3 is 0 Å². The lowest BCUT2D eigenvalue weighted by Gasteiger charge is -2.22. The minimum absolute atomic E-state index is 0.145. The molecule has 0 saturated heterocycles. The van der Waals surface area contributed by atoms with Crippen molar-refractivity contribution < 1.29 is 4.74 Å². The minimum Gasteiger partial charge on any atom is -0.492 e. The highest BCUT2D eigenvalue weighted by molar-refractivity contribution is 9.11. The van der Waals surface area contributed by atoms with Gasteiger partial charge in [0.1, 0.15) is 5.75 Å². The van der Waals surface area contributed by atoms with Crippen LogP contribution in [0.5, 0.6) is 5.75 Å².